The van der Waals surface area contributed by atoms with Crippen molar-refractivity contribution in [3.63, 3.8) is 0 Å². The standard InChI is InChI=1S/C23H35N3.2ClH/c1-5-13-25(14-6-1)15-7-2-8-16-26-17-11-20(12-18-26)22-19-24-23-10-4-3-9-21(22)23;;/h3-4,9-10,19-20,24H,1-2,5-8,11-18H2;2*1H. The number of unbranched alkanes of at least 4 members (excludes halogenated alkanes) is 2. The first kappa shape index (κ1) is 23.5. The Kier molecular flexibility index (Phi) is 10.1. The van der Waals surface area contributed by atoms with Crippen molar-refractivity contribution in [3.05, 3.63) is 36.0 Å². The Morgan fingerprint density at radius 2 is 1.43 bits per heavy atom. The smallest absolute Gasteiger partial charge is 0.0456 e. The molecule has 0 aliphatic carbocycles. The molecule has 0 bridgehead atoms. The number of fused-ring (bicyclic) bond motifs is 1. The van der Waals surface area contributed by atoms with Crippen LogP contribution in [0.15, 0.2) is 30.5 Å². The first-order valence-electron chi connectivity index (χ1n) is 10.9. The van der Waals surface area contributed by atoms with Crippen LogP contribution in [-0.4, -0.2) is 54.1 Å². The minimum Gasteiger partial charge on any atom is -0.361 e. The Morgan fingerprint density at radius 3 is 2.14 bits per heavy atom. The molecule has 2 fully saturated rings. The maximum absolute atomic E-state index is 3.45. The average molecular weight is 426 g/mol. The summed E-state index contributed by atoms with van der Waals surface area (Å²) < 4.78 is 0. The zero-order valence-corrected chi connectivity index (χ0v) is 18.7. The Balaban J connectivity index is 0.00000140. The number of nitrogens with zero attached hydrogens (tertiary/aromatic N) is 2. The Morgan fingerprint density at radius 1 is 0.786 bits per heavy atom. The van der Waals surface area contributed by atoms with Crippen LogP contribution in [-0.2, 0) is 0 Å². The van der Waals surface area contributed by atoms with Gasteiger partial charge in [-0.05, 0) is 95.3 Å². The number of hydrogen-bond donors (Lipinski definition) is 1. The summed E-state index contributed by atoms with van der Waals surface area (Å²) in [5.41, 5.74) is 2.83. The molecule has 2 aliphatic rings. The molecule has 0 radical (unpaired) electrons. The largest absolute Gasteiger partial charge is 0.361 e. The highest BCUT2D eigenvalue weighted by Crippen LogP contribution is 2.33. The van der Waals surface area contributed by atoms with Crippen molar-refractivity contribution in [1.29, 1.82) is 0 Å². The van der Waals surface area contributed by atoms with Crippen molar-refractivity contribution in [2.75, 3.05) is 39.3 Å². The number of para-hydroxylation sites is 1. The van der Waals surface area contributed by atoms with E-state index in [1.165, 1.54) is 102 Å². The molecule has 5 heteroatoms. The molecular formula is C23H37Cl2N3. The summed E-state index contributed by atoms with van der Waals surface area (Å²) in [6, 6.07) is 8.75. The molecule has 0 saturated carbocycles. The van der Waals surface area contributed by atoms with Crippen LogP contribution < -0.4 is 0 Å². The van der Waals surface area contributed by atoms with Gasteiger partial charge >= 0.3 is 0 Å². The molecule has 2 saturated heterocycles. The monoisotopic (exact) mass is 425 g/mol. The van der Waals surface area contributed by atoms with Crippen LogP contribution in [0.2, 0.25) is 0 Å². The Labute approximate surface area is 183 Å². The second kappa shape index (κ2) is 12.1. The zero-order valence-electron chi connectivity index (χ0n) is 17.1. The van der Waals surface area contributed by atoms with Gasteiger partial charge in [-0.3, -0.25) is 0 Å². The van der Waals surface area contributed by atoms with Gasteiger partial charge in [-0.15, -0.1) is 24.8 Å². The Bertz CT molecular complexity index is 673. The summed E-state index contributed by atoms with van der Waals surface area (Å²) in [5, 5.41) is 1.43. The van der Waals surface area contributed by atoms with E-state index < -0.39 is 0 Å². The second-order valence-corrected chi connectivity index (χ2v) is 8.37. The highest BCUT2D eigenvalue weighted by atomic mass is 35.5. The molecule has 1 aromatic carbocycles. The number of halogens is 2. The molecule has 0 atom stereocenters. The summed E-state index contributed by atoms with van der Waals surface area (Å²) in [6.45, 7) is 7.89. The molecule has 1 N–H and O–H groups in total. The molecule has 28 heavy (non-hydrogen) atoms. The number of aromatic amines is 1. The highest BCUT2D eigenvalue weighted by molar-refractivity contribution is 5.85. The molecule has 4 rings (SSSR count). The third kappa shape index (κ3) is 6.13. The highest BCUT2D eigenvalue weighted by Gasteiger charge is 2.22. The van der Waals surface area contributed by atoms with Gasteiger partial charge in [0.05, 0.1) is 0 Å². The van der Waals surface area contributed by atoms with E-state index in [4.69, 9.17) is 0 Å². The normalized spacial score (nSPS) is 19.3. The first-order chi connectivity index (χ1) is 12.9. The van der Waals surface area contributed by atoms with Crippen LogP contribution >= 0.6 is 24.8 Å². The van der Waals surface area contributed by atoms with Crippen LogP contribution in [0.4, 0.5) is 0 Å². The summed E-state index contributed by atoms with van der Waals surface area (Å²) in [6.07, 6.45) is 13.4. The van der Waals surface area contributed by atoms with Gasteiger partial charge in [0, 0.05) is 17.1 Å². The fraction of sp³-hybridized carbons (Fsp3) is 0.652. The van der Waals surface area contributed by atoms with Crippen molar-refractivity contribution >= 4 is 35.7 Å². The number of nitrogens with one attached hydrogen (secondary N) is 1. The number of likely N-dealkylation sites (tertiary alicyclic amines) is 2. The van der Waals surface area contributed by atoms with Gasteiger partial charge in [0.15, 0.2) is 0 Å². The maximum Gasteiger partial charge on any atom is 0.0456 e. The van der Waals surface area contributed by atoms with Gasteiger partial charge in [0.2, 0.25) is 0 Å². The quantitative estimate of drug-likeness (QED) is 0.562. The van der Waals surface area contributed by atoms with Gasteiger partial charge in [0.25, 0.3) is 0 Å². The molecule has 1 aromatic heterocycles. The van der Waals surface area contributed by atoms with Gasteiger partial charge in [-0.1, -0.05) is 31.0 Å². The summed E-state index contributed by atoms with van der Waals surface area (Å²) in [7, 11) is 0. The van der Waals surface area contributed by atoms with Gasteiger partial charge < -0.3 is 14.8 Å². The topological polar surface area (TPSA) is 22.3 Å². The van der Waals surface area contributed by atoms with E-state index in [0.717, 1.165) is 5.92 Å². The minimum atomic E-state index is 0. The SMILES string of the molecule is Cl.Cl.c1ccc2c(C3CCN(CCCCCN4CCCCC4)CC3)c[nH]c2c1. The van der Waals surface area contributed by atoms with Crippen LogP contribution in [0.25, 0.3) is 10.9 Å². The van der Waals surface area contributed by atoms with Crippen LogP contribution in [0.3, 0.4) is 0 Å². The van der Waals surface area contributed by atoms with E-state index in [-0.39, 0.29) is 24.8 Å². The van der Waals surface area contributed by atoms with Crippen molar-refractivity contribution < 1.29 is 0 Å². The number of hydrogen-bond acceptors (Lipinski definition) is 2. The first-order valence-corrected chi connectivity index (χ1v) is 10.9. The fourth-order valence-corrected chi connectivity index (χ4v) is 4.93. The maximum atomic E-state index is 3.45. The van der Waals surface area contributed by atoms with Crippen LogP contribution in [0.1, 0.15) is 62.8 Å². The van der Waals surface area contributed by atoms with Crippen molar-refractivity contribution in [3.8, 4) is 0 Å². The van der Waals surface area contributed by atoms with E-state index in [0.29, 0.717) is 0 Å². The molecular weight excluding hydrogens is 389 g/mol. The van der Waals surface area contributed by atoms with E-state index in [2.05, 4.69) is 45.2 Å². The average Bonchev–Trinajstić information content (AvgIpc) is 3.13. The van der Waals surface area contributed by atoms with Crippen LogP contribution in [0, 0.1) is 0 Å². The van der Waals surface area contributed by atoms with Crippen molar-refractivity contribution in [2.45, 2.75) is 57.3 Å². The summed E-state index contributed by atoms with van der Waals surface area (Å²) in [4.78, 5) is 8.83. The van der Waals surface area contributed by atoms with Crippen molar-refractivity contribution in [2.24, 2.45) is 0 Å². The molecule has 0 spiro atoms. The fourth-order valence-electron chi connectivity index (χ4n) is 4.93. The lowest BCUT2D eigenvalue weighted by Gasteiger charge is -2.32. The number of benzene rings is 1. The molecule has 2 aliphatic heterocycles. The number of aromatic nitrogens is 1. The summed E-state index contributed by atoms with van der Waals surface area (Å²) >= 11 is 0. The molecule has 2 aromatic rings. The lowest BCUT2D eigenvalue weighted by Crippen LogP contribution is -2.34. The number of H-pyrrole nitrogens is 1. The van der Waals surface area contributed by atoms with E-state index in [1.807, 2.05) is 0 Å². The molecule has 0 amide bonds. The minimum absolute atomic E-state index is 0. The number of rotatable bonds is 7. The zero-order chi connectivity index (χ0) is 17.6. The molecule has 3 nitrogen and oxygen atoms in total. The molecule has 158 valence electrons. The van der Waals surface area contributed by atoms with Gasteiger partial charge in [-0.25, -0.2) is 0 Å². The lowest BCUT2D eigenvalue weighted by molar-refractivity contribution is 0.201. The third-order valence-corrected chi connectivity index (χ3v) is 6.55. The Hall–Kier alpha value is -0.740. The van der Waals surface area contributed by atoms with E-state index in [9.17, 15) is 0 Å². The molecule has 0 unspecified atom stereocenters. The van der Waals surface area contributed by atoms with Gasteiger partial charge in [-0.2, -0.15) is 0 Å². The predicted octanol–water partition coefficient (Wildman–Crippen LogP) is 5.85. The third-order valence-electron chi connectivity index (χ3n) is 6.55. The van der Waals surface area contributed by atoms with Crippen molar-refractivity contribution in [1.82, 2.24) is 14.8 Å². The predicted molar refractivity (Wildman–Crippen MR) is 125 cm³/mol. The van der Waals surface area contributed by atoms with Gasteiger partial charge in [0.1, 0.15) is 0 Å². The number of piperidine rings is 2. The van der Waals surface area contributed by atoms with Crippen LogP contribution in [0.5, 0.6) is 0 Å². The molecule has 3 heterocycles. The van der Waals surface area contributed by atoms with E-state index >= 15 is 0 Å². The second-order valence-electron chi connectivity index (χ2n) is 8.37. The summed E-state index contributed by atoms with van der Waals surface area (Å²) in [5.74, 6) is 0.738. The lowest BCUT2D eigenvalue weighted by atomic mass is 9.89. The van der Waals surface area contributed by atoms with E-state index in [1.54, 1.807) is 5.56 Å².